The minimum absolute atomic E-state index is 0.0496. The van der Waals surface area contributed by atoms with Crippen molar-refractivity contribution < 1.29 is 9.53 Å². The van der Waals surface area contributed by atoms with E-state index < -0.39 is 0 Å². The predicted molar refractivity (Wildman–Crippen MR) is 81.5 cm³/mol. The van der Waals surface area contributed by atoms with E-state index in [1.807, 2.05) is 36.4 Å². The first-order valence-electron chi connectivity index (χ1n) is 6.77. The molecule has 1 aromatic heterocycles. The van der Waals surface area contributed by atoms with Gasteiger partial charge in [0.05, 0.1) is 12.6 Å². The summed E-state index contributed by atoms with van der Waals surface area (Å²) in [5.74, 6) is 0.401. The van der Waals surface area contributed by atoms with Crippen molar-refractivity contribution >= 4 is 16.9 Å². The molecule has 3 aromatic rings. The number of amides is 1. The molecule has 0 aliphatic rings. The second-order valence-corrected chi connectivity index (χ2v) is 4.62. The molecule has 6 nitrogen and oxygen atoms in total. The number of hydrogen-bond donors (Lipinski definition) is 1. The lowest BCUT2D eigenvalue weighted by atomic mass is 10.2. The van der Waals surface area contributed by atoms with Crippen LogP contribution in [0, 0.1) is 0 Å². The van der Waals surface area contributed by atoms with Crippen LogP contribution in [0.5, 0.6) is 5.75 Å². The van der Waals surface area contributed by atoms with Crippen LogP contribution < -0.4 is 10.1 Å². The Morgan fingerprint density at radius 3 is 2.59 bits per heavy atom. The summed E-state index contributed by atoms with van der Waals surface area (Å²) >= 11 is 0. The molecule has 0 bridgehead atoms. The van der Waals surface area contributed by atoms with Crippen LogP contribution in [0.25, 0.3) is 11.0 Å². The highest BCUT2D eigenvalue weighted by molar-refractivity contribution is 5.91. The lowest BCUT2D eigenvalue weighted by Crippen LogP contribution is -2.25. The normalized spacial score (nSPS) is 10.4. The Morgan fingerprint density at radius 2 is 1.77 bits per heavy atom. The van der Waals surface area contributed by atoms with Gasteiger partial charge < -0.3 is 10.1 Å². The molecule has 0 aliphatic heterocycles. The maximum absolute atomic E-state index is 12.1. The molecule has 1 N–H and O–H groups in total. The van der Waals surface area contributed by atoms with Crippen molar-refractivity contribution in [3.63, 3.8) is 0 Å². The van der Waals surface area contributed by atoms with E-state index in [9.17, 15) is 4.79 Å². The molecule has 110 valence electrons. The molecule has 0 spiro atoms. The first-order valence-corrected chi connectivity index (χ1v) is 6.77. The van der Waals surface area contributed by atoms with E-state index in [2.05, 4.69) is 20.5 Å². The first kappa shape index (κ1) is 13.9. The van der Waals surface area contributed by atoms with E-state index in [1.165, 1.54) is 0 Å². The quantitative estimate of drug-likeness (QED) is 0.796. The Balaban J connectivity index is 1.75. The van der Waals surface area contributed by atoms with Gasteiger partial charge in [-0.3, -0.25) is 4.79 Å². The maximum atomic E-state index is 12.1. The predicted octanol–water partition coefficient (Wildman–Crippen LogP) is 1.96. The fourth-order valence-corrected chi connectivity index (χ4v) is 2.08. The summed E-state index contributed by atoms with van der Waals surface area (Å²) in [4.78, 5) is 16.4. The summed E-state index contributed by atoms with van der Waals surface area (Å²) in [6.45, 7) is 0.332. The van der Waals surface area contributed by atoms with E-state index in [-0.39, 0.29) is 11.7 Å². The van der Waals surface area contributed by atoms with Gasteiger partial charge in [-0.15, -0.1) is 10.2 Å². The number of para-hydroxylation sites is 2. The average Bonchev–Trinajstić information content (AvgIpc) is 2.59. The van der Waals surface area contributed by atoms with Gasteiger partial charge in [-0.1, -0.05) is 30.3 Å². The maximum Gasteiger partial charge on any atom is 0.291 e. The Hall–Kier alpha value is -3.02. The van der Waals surface area contributed by atoms with Crippen LogP contribution in [0.1, 0.15) is 16.2 Å². The number of benzene rings is 2. The fourth-order valence-electron chi connectivity index (χ4n) is 2.08. The number of hydrogen-bond acceptors (Lipinski definition) is 5. The van der Waals surface area contributed by atoms with Crippen LogP contribution >= 0.6 is 0 Å². The third-order valence-electron chi connectivity index (χ3n) is 3.20. The highest BCUT2D eigenvalue weighted by Gasteiger charge is 2.11. The average molecular weight is 294 g/mol. The summed E-state index contributed by atoms with van der Waals surface area (Å²) in [7, 11) is 1.59. The van der Waals surface area contributed by atoms with Gasteiger partial charge in [0.1, 0.15) is 11.3 Å². The summed E-state index contributed by atoms with van der Waals surface area (Å²) < 4.78 is 5.25. The second-order valence-electron chi connectivity index (χ2n) is 4.62. The summed E-state index contributed by atoms with van der Waals surface area (Å²) in [5.41, 5.74) is 2.18. The number of rotatable bonds is 4. The van der Waals surface area contributed by atoms with E-state index in [0.29, 0.717) is 17.6 Å². The Kier molecular flexibility index (Phi) is 3.91. The zero-order valence-corrected chi connectivity index (χ0v) is 12.0. The number of carbonyl (C=O) groups excluding carboxylic acids is 1. The van der Waals surface area contributed by atoms with Gasteiger partial charge in [-0.25, -0.2) is 4.98 Å². The molecule has 0 unspecified atom stereocenters. The minimum atomic E-state index is -0.371. The molecule has 0 saturated carbocycles. The number of ether oxygens (including phenoxy) is 1. The monoisotopic (exact) mass is 294 g/mol. The highest BCUT2D eigenvalue weighted by Crippen LogP contribution is 2.16. The standard InChI is InChI=1S/C16H14N4O2/c1-22-14-9-5-2-6-11(14)10-17-16(21)15-18-12-7-3-4-8-13(12)19-20-15/h2-9H,10H2,1H3,(H,17,21). The number of fused-ring (bicyclic) bond motifs is 1. The SMILES string of the molecule is COc1ccccc1CNC(=O)c1nnc2ccccc2n1. The van der Waals surface area contributed by atoms with E-state index in [0.717, 1.165) is 11.3 Å². The van der Waals surface area contributed by atoms with Crippen LogP contribution in [0.3, 0.4) is 0 Å². The third-order valence-corrected chi connectivity index (χ3v) is 3.20. The first-order chi connectivity index (χ1) is 10.8. The minimum Gasteiger partial charge on any atom is -0.496 e. The molecular formula is C16H14N4O2. The van der Waals surface area contributed by atoms with E-state index in [1.54, 1.807) is 19.2 Å². The van der Waals surface area contributed by atoms with E-state index in [4.69, 9.17) is 4.74 Å². The topological polar surface area (TPSA) is 77.0 Å². The van der Waals surface area contributed by atoms with Crippen molar-refractivity contribution in [1.82, 2.24) is 20.5 Å². The number of methoxy groups -OCH3 is 1. The van der Waals surface area contributed by atoms with Crippen LogP contribution in [0.2, 0.25) is 0 Å². The Morgan fingerprint density at radius 1 is 1.05 bits per heavy atom. The van der Waals surface area contributed by atoms with Gasteiger partial charge in [0.25, 0.3) is 5.91 Å². The smallest absolute Gasteiger partial charge is 0.291 e. The molecule has 0 atom stereocenters. The van der Waals surface area contributed by atoms with Gasteiger partial charge in [0, 0.05) is 12.1 Å². The van der Waals surface area contributed by atoms with Crippen molar-refractivity contribution in [2.24, 2.45) is 0 Å². The summed E-state index contributed by atoms with van der Waals surface area (Å²) in [6, 6.07) is 14.8. The largest absolute Gasteiger partial charge is 0.496 e. The molecule has 0 radical (unpaired) electrons. The van der Waals surface area contributed by atoms with Crippen LogP contribution in [-0.2, 0) is 6.54 Å². The molecule has 2 aromatic carbocycles. The lowest BCUT2D eigenvalue weighted by molar-refractivity contribution is 0.0939. The summed E-state index contributed by atoms with van der Waals surface area (Å²) in [6.07, 6.45) is 0. The van der Waals surface area contributed by atoms with Crippen molar-refractivity contribution in [3.05, 3.63) is 59.9 Å². The molecular weight excluding hydrogens is 280 g/mol. The molecule has 0 fully saturated rings. The fraction of sp³-hybridized carbons (Fsp3) is 0.125. The Bertz CT molecular complexity index is 820. The van der Waals surface area contributed by atoms with Gasteiger partial charge in [-0.05, 0) is 18.2 Å². The van der Waals surface area contributed by atoms with Crippen LogP contribution in [0.4, 0.5) is 0 Å². The number of aromatic nitrogens is 3. The number of nitrogens with one attached hydrogen (secondary N) is 1. The van der Waals surface area contributed by atoms with Crippen LogP contribution in [0.15, 0.2) is 48.5 Å². The number of carbonyl (C=O) groups is 1. The molecule has 3 rings (SSSR count). The van der Waals surface area contributed by atoms with Gasteiger partial charge in [0.2, 0.25) is 5.82 Å². The van der Waals surface area contributed by atoms with Crippen molar-refractivity contribution in [2.75, 3.05) is 7.11 Å². The summed E-state index contributed by atoms with van der Waals surface area (Å²) in [5, 5.41) is 10.6. The van der Waals surface area contributed by atoms with Crippen molar-refractivity contribution in [1.29, 1.82) is 0 Å². The van der Waals surface area contributed by atoms with Crippen LogP contribution in [-0.4, -0.2) is 28.2 Å². The third kappa shape index (κ3) is 2.85. The second kappa shape index (κ2) is 6.17. The number of nitrogens with zero attached hydrogens (tertiary/aromatic N) is 3. The van der Waals surface area contributed by atoms with E-state index >= 15 is 0 Å². The highest BCUT2D eigenvalue weighted by atomic mass is 16.5. The van der Waals surface area contributed by atoms with Gasteiger partial charge >= 0.3 is 0 Å². The molecule has 0 aliphatic carbocycles. The lowest BCUT2D eigenvalue weighted by Gasteiger charge is -2.08. The molecule has 6 heteroatoms. The Labute approximate surface area is 127 Å². The molecule has 1 amide bonds. The molecule has 1 heterocycles. The van der Waals surface area contributed by atoms with Crippen molar-refractivity contribution in [3.8, 4) is 5.75 Å². The van der Waals surface area contributed by atoms with Crippen molar-refractivity contribution in [2.45, 2.75) is 6.54 Å². The zero-order chi connectivity index (χ0) is 15.4. The zero-order valence-electron chi connectivity index (χ0n) is 12.0. The molecule has 0 saturated heterocycles. The van der Waals surface area contributed by atoms with Gasteiger partial charge in [0.15, 0.2) is 0 Å². The molecule has 22 heavy (non-hydrogen) atoms. The van der Waals surface area contributed by atoms with Gasteiger partial charge in [-0.2, -0.15) is 0 Å².